The Balaban J connectivity index is 0.898. The predicted octanol–water partition coefficient (Wildman–Crippen LogP) is 18.8. The van der Waals surface area contributed by atoms with Gasteiger partial charge in [-0.05, 0) is 91.7 Å². The topological polar surface area (TPSA) is 25.6 Å². The van der Waals surface area contributed by atoms with Crippen LogP contribution in [-0.4, -0.2) is 0 Å². The Morgan fingerprint density at radius 3 is 1.51 bits per heavy atom. The maximum Gasteiger partial charge on any atom is 0.143 e. The summed E-state index contributed by atoms with van der Waals surface area (Å²) in [6.07, 6.45) is 0. The quantitative estimate of drug-likeness (QED) is 0.166. The number of rotatable bonds is 6. The summed E-state index contributed by atoms with van der Waals surface area (Å²) in [7, 11) is 0. The highest BCUT2D eigenvalue weighted by molar-refractivity contribution is 6.10. The molecule has 1 aliphatic carbocycles. The van der Waals surface area contributed by atoms with Gasteiger partial charge in [0.1, 0.15) is 22.7 Å². The molecular weight excluding hydrogens is 875 g/mol. The van der Waals surface area contributed by atoms with E-state index in [0.717, 1.165) is 111 Å². The van der Waals surface area contributed by atoms with Crippen LogP contribution in [0, 0.1) is 0 Å². The minimum atomic E-state index is -0.626. The minimum absolute atomic E-state index is 0.626. The van der Waals surface area contributed by atoms with Gasteiger partial charge in [0.15, 0.2) is 0 Å². The Morgan fingerprint density at radius 2 is 0.806 bits per heavy atom. The first-order valence-electron chi connectivity index (χ1n) is 24.7. The molecule has 2 aliphatic rings. The summed E-state index contributed by atoms with van der Waals surface area (Å²) in [5, 5.41) is 6.80. The number of furan rings is 1. The van der Waals surface area contributed by atoms with Gasteiger partial charge < -0.3 is 14.1 Å². The molecule has 0 atom stereocenters. The summed E-state index contributed by atoms with van der Waals surface area (Å²) in [5.41, 5.74) is 18.6. The summed E-state index contributed by atoms with van der Waals surface area (Å²) < 4.78 is 13.7. The number of fused-ring (bicyclic) bond motifs is 16. The van der Waals surface area contributed by atoms with Gasteiger partial charge >= 0.3 is 0 Å². The van der Waals surface area contributed by atoms with Crippen molar-refractivity contribution in [3.8, 4) is 56.0 Å². The zero-order valence-corrected chi connectivity index (χ0v) is 39.1. The van der Waals surface area contributed by atoms with E-state index in [1.807, 2.05) is 12.1 Å². The van der Waals surface area contributed by atoms with Crippen LogP contribution in [0.4, 0.5) is 17.1 Å². The van der Waals surface area contributed by atoms with Crippen LogP contribution in [0.15, 0.2) is 265 Å². The van der Waals surface area contributed by atoms with Crippen molar-refractivity contribution in [1.82, 2.24) is 0 Å². The lowest BCUT2D eigenvalue weighted by Crippen LogP contribution is -2.32. The Morgan fingerprint density at radius 1 is 0.306 bits per heavy atom. The lowest BCUT2D eigenvalue weighted by molar-refractivity contribution is 0.447. The Kier molecular flexibility index (Phi) is 8.87. The Hall–Kier alpha value is -9.44. The smallest absolute Gasteiger partial charge is 0.143 e. The maximum atomic E-state index is 7.23. The molecule has 0 saturated heterocycles. The molecule has 336 valence electrons. The molecule has 3 heteroatoms. The summed E-state index contributed by atoms with van der Waals surface area (Å²) in [4.78, 5) is 2.39. The lowest BCUT2D eigenvalue weighted by Gasteiger charge is -2.40. The highest BCUT2D eigenvalue weighted by Crippen LogP contribution is 2.65. The average molecular weight is 918 g/mol. The van der Waals surface area contributed by atoms with Gasteiger partial charge in [-0.25, -0.2) is 0 Å². The van der Waals surface area contributed by atoms with Crippen LogP contribution in [0.5, 0.6) is 11.5 Å². The van der Waals surface area contributed by atoms with E-state index in [4.69, 9.17) is 9.15 Å². The van der Waals surface area contributed by atoms with Crippen molar-refractivity contribution < 1.29 is 9.15 Å². The number of nitrogens with zero attached hydrogens (tertiary/aromatic N) is 1. The van der Waals surface area contributed by atoms with Crippen LogP contribution < -0.4 is 9.64 Å². The van der Waals surface area contributed by atoms with E-state index in [1.54, 1.807) is 0 Å². The van der Waals surface area contributed by atoms with Crippen molar-refractivity contribution in [2.75, 3.05) is 4.90 Å². The molecule has 0 amide bonds. The van der Waals surface area contributed by atoms with Crippen molar-refractivity contribution in [2.45, 2.75) is 5.41 Å². The van der Waals surface area contributed by atoms with Gasteiger partial charge in [-0.3, -0.25) is 0 Å². The fourth-order valence-corrected chi connectivity index (χ4v) is 12.2. The first-order chi connectivity index (χ1) is 35.7. The largest absolute Gasteiger partial charge is 0.455 e. The molecule has 13 aromatic rings. The van der Waals surface area contributed by atoms with Gasteiger partial charge in [0.2, 0.25) is 0 Å². The van der Waals surface area contributed by atoms with Crippen molar-refractivity contribution in [3.05, 3.63) is 283 Å². The SMILES string of the molecule is c1ccc(-c2ccccc2N(c2ccc(-c3cccc4c3-c3ccccc3C43c4ccc5ccccc5c4Oc4c3ccc3ccccc43)cc2)c2ccc(-c3cccc4c3oc3ccccc34)cc2)cc1. The third kappa shape index (κ3) is 5.85. The number of ether oxygens (including phenoxy) is 1. The van der Waals surface area contributed by atoms with Gasteiger partial charge in [0.25, 0.3) is 0 Å². The average Bonchev–Trinajstić information content (AvgIpc) is 3.98. The molecule has 0 bridgehead atoms. The molecule has 0 saturated carbocycles. The second-order valence-corrected chi connectivity index (χ2v) is 19.0. The fraction of sp³-hybridized carbons (Fsp3) is 0.0145. The van der Waals surface area contributed by atoms with Crippen LogP contribution in [0.25, 0.3) is 88.0 Å². The second-order valence-electron chi connectivity index (χ2n) is 19.0. The number of hydrogen-bond donors (Lipinski definition) is 0. The number of hydrogen-bond acceptors (Lipinski definition) is 3. The number of anilines is 3. The van der Waals surface area contributed by atoms with E-state index in [9.17, 15) is 0 Å². The highest BCUT2D eigenvalue weighted by atomic mass is 16.5. The minimum Gasteiger partial charge on any atom is -0.455 e. The van der Waals surface area contributed by atoms with Gasteiger partial charge in [0, 0.05) is 55.2 Å². The molecule has 72 heavy (non-hydrogen) atoms. The van der Waals surface area contributed by atoms with Gasteiger partial charge in [0.05, 0.1) is 11.1 Å². The molecule has 1 aromatic heterocycles. The van der Waals surface area contributed by atoms with Gasteiger partial charge in [-0.1, -0.05) is 224 Å². The van der Waals surface area contributed by atoms with Crippen LogP contribution in [0.1, 0.15) is 22.3 Å². The van der Waals surface area contributed by atoms with Crippen molar-refractivity contribution in [2.24, 2.45) is 0 Å². The van der Waals surface area contributed by atoms with E-state index >= 15 is 0 Å². The molecule has 15 rings (SSSR count). The van der Waals surface area contributed by atoms with E-state index in [-0.39, 0.29) is 0 Å². The van der Waals surface area contributed by atoms with Crippen molar-refractivity contribution >= 4 is 60.5 Å². The van der Waals surface area contributed by atoms with Crippen LogP contribution in [0.3, 0.4) is 0 Å². The molecule has 2 heterocycles. The summed E-state index contributed by atoms with van der Waals surface area (Å²) in [6, 6.07) is 94.6. The van der Waals surface area contributed by atoms with Crippen LogP contribution in [0.2, 0.25) is 0 Å². The van der Waals surface area contributed by atoms with E-state index in [0.29, 0.717) is 0 Å². The van der Waals surface area contributed by atoms with Crippen molar-refractivity contribution in [3.63, 3.8) is 0 Å². The Bertz CT molecular complexity index is 4220. The fourth-order valence-electron chi connectivity index (χ4n) is 12.2. The normalized spacial score (nSPS) is 12.9. The van der Waals surface area contributed by atoms with Gasteiger partial charge in [-0.15, -0.1) is 0 Å². The summed E-state index contributed by atoms with van der Waals surface area (Å²) in [6.45, 7) is 0. The maximum absolute atomic E-state index is 7.23. The molecule has 0 fully saturated rings. The summed E-state index contributed by atoms with van der Waals surface area (Å²) in [5.74, 6) is 1.84. The third-order valence-electron chi connectivity index (χ3n) is 15.3. The van der Waals surface area contributed by atoms with Crippen LogP contribution in [-0.2, 0) is 5.41 Å². The monoisotopic (exact) mass is 917 g/mol. The molecule has 0 radical (unpaired) electrons. The zero-order chi connectivity index (χ0) is 47.3. The standard InChI is InChI=1S/C69H43NO2/c1-2-16-44(17-3-1)51-20-9-12-30-63(51)70(50-40-34-48(35-41-50)53-26-14-27-57-56-23-10-13-31-64(56)71-66(53)57)49-38-32-47(33-39-49)52-25-15-29-60-65(52)58-24-8-11-28-59(58)69(60)61-42-36-45-18-4-6-21-54(45)67(61)72-68-55-22-7-5-19-46(55)37-43-62(68)69/h1-43H. The number of benzene rings is 12. The first-order valence-corrected chi connectivity index (χ1v) is 24.7. The Labute approximate surface area is 417 Å². The lowest BCUT2D eigenvalue weighted by atomic mass is 9.65. The van der Waals surface area contributed by atoms with Gasteiger partial charge in [-0.2, -0.15) is 0 Å². The van der Waals surface area contributed by atoms with E-state index < -0.39 is 5.41 Å². The molecule has 1 spiro atoms. The summed E-state index contributed by atoms with van der Waals surface area (Å²) >= 11 is 0. The van der Waals surface area contributed by atoms with Crippen molar-refractivity contribution in [1.29, 1.82) is 0 Å². The molecule has 0 N–H and O–H groups in total. The van der Waals surface area contributed by atoms with Crippen LogP contribution >= 0.6 is 0 Å². The third-order valence-corrected chi connectivity index (χ3v) is 15.3. The highest BCUT2D eigenvalue weighted by Gasteiger charge is 2.52. The predicted molar refractivity (Wildman–Crippen MR) is 297 cm³/mol. The first kappa shape index (κ1) is 40.4. The molecule has 0 unspecified atom stereocenters. The molecule has 12 aromatic carbocycles. The molecular formula is C69H43NO2. The number of para-hydroxylation sites is 3. The molecule has 3 nitrogen and oxygen atoms in total. The zero-order valence-electron chi connectivity index (χ0n) is 39.1. The second kappa shape index (κ2) is 15.8. The molecule has 1 aliphatic heterocycles. The van der Waals surface area contributed by atoms with E-state index in [1.165, 1.54) is 27.8 Å². The van der Waals surface area contributed by atoms with E-state index in [2.05, 4.69) is 254 Å².